The van der Waals surface area contributed by atoms with E-state index in [2.05, 4.69) is 9.82 Å². The zero-order valence-corrected chi connectivity index (χ0v) is 13.7. The molecule has 114 valence electrons. The molecule has 21 heavy (non-hydrogen) atoms. The lowest BCUT2D eigenvalue weighted by molar-refractivity contribution is 0.581. The number of nitrogens with one attached hydrogen (secondary N) is 1. The van der Waals surface area contributed by atoms with Gasteiger partial charge < -0.3 is 0 Å². The molecule has 0 saturated carbocycles. The van der Waals surface area contributed by atoms with Crippen molar-refractivity contribution in [3.63, 3.8) is 0 Å². The Balaban J connectivity index is 2.17. The van der Waals surface area contributed by atoms with Crippen molar-refractivity contribution in [3.8, 4) is 0 Å². The van der Waals surface area contributed by atoms with Crippen molar-refractivity contribution in [2.45, 2.75) is 45.7 Å². The van der Waals surface area contributed by atoms with E-state index >= 15 is 0 Å². The van der Waals surface area contributed by atoms with Crippen LogP contribution in [0, 0.1) is 20.8 Å². The van der Waals surface area contributed by atoms with Gasteiger partial charge >= 0.3 is 0 Å². The van der Waals surface area contributed by atoms with E-state index in [4.69, 9.17) is 0 Å². The van der Waals surface area contributed by atoms with E-state index in [0.29, 0.717) is 4.90 Å². The highest BCUT2D eigenvalue weighted by atomic mass is 32.2. The predicted octanol–water partition coefficient (Wildman–Crippen LogP) is 2.31. The van der Waals surface area contributed by atoms with Crippen LogP contribution in [-0.2, 0) is 23.1 Å². The molecule has 2 aromatic rings. The van der Waals surface area contributed by atoms with E-state index in [9.17, 15) is 8.42 Å². The maximum Gasteiger partial charge on any atom is 0.240 e. The topological polar surface area (TPSA) is 64.0 Å². The average molecular weight is 307 g/mol. The molecule has 1 aromatic carbocycles. The van der Waals surface area contributed by atoms with Crippen LogP contribution in [0.1, 0.15) is 29.3 Å². The van der Waals surface area contributed by atoms with E-state index in [1.54, 1.807) is 16.8 Å². The Morgan fingerprint density at radius 3 is 2.48 bits per heavy atom. The maximum atomic E-state index is 12.3. The summed E-state index contributed by atoms with van der Waals surface area (Å²) < 4.78 is 29.1. The number of aromatic nitrogens is 2. The van der Waals surface area contributed by atoms with Gasteiger partial charge in [0.25, 0.3) is 0 Å². The van der Waals surface area contributed by atoms with Crippen molar-refractivity contribution in [3.05, 3.63) is 46.8 Å². The summed E-state index contributed by atoms with van der Waals surface area (Å²) >= 11 is 0. The molecule has 0 aliphatic rings. The highest BCUT2D eigenvalue weighted by molar-refractivity contribution is 7.89. The van der Waals surface area contributed by atoms with Gasteiger partial charge in [0, 0.05) is 24.8 Å². The van der Waals surface area contributed by atoms with Crippen LogP contribution in [-0.4, -0.2) is 18.2 Å². The molecule has 0 radical (unpaired) electrons. The lowest BCUT2D eigenvalue weighted by atomic mass is 10.1. The minimum absolute atomic E-state index is 0.251. The Kier molecular flexibility index (Phi) is 4.49. The van der Waals surface area contributed by atoms with E-state index in [-0.39, 0.29) is 6.54 Å². The lowest BCUT2D eigenvalue weighted by Gasteiger charge is -2.08. The van der Waals surface area contributed by atoms with E-state index in [1.165, 1.54) is 0 Å². The Bertz CT molecular complexity index is 748. The van der Waals surface area contributed by atoms with Gasteiger partial charge in [-0.25, -0.2) is 13.1 Å². The Morgan fingerprint density at radius 1 is 1.19 bits per heavy atom. The van der Waals surface area contributed by atoms with Crippen molar-refractivity contribution in [1.29, 1.82) is 0 Å². The van der Waals surface area contributed by atoms with Crippen LogP contribution in [0.15, 0.2) is 29.3 Å². The predicted molar refractivity (Wildman–Crippen MR) is 82.6 cm³/mol. The fourth-order valence-corrected chi connectivity index (χ4v) is 3.12. The Labute approximate surface area is 126 Å². The Hall–Kier alpha value is -1.66. The molecule has 6 heteroatoms. The third-order valence-corrected chi connectivity index (χ3v) is 5.01. The normalized spacial score (nSPS) is 11.8. The molecule has 0 atom stereocenters. The minimum Gasteiger partial charge on any atom is -0.272 e. The van der Waals surface area contributed by atoms with Crippen LogP contribution in [0.4, 0.5) is 0 Å². The van der Waals surface area contributed by atoms with Crippen molar-refractivity contribution in [2.24, 2.45) is 0 Å². The number of sulfonamides is 1. The monoisotopic (exact) mass is 307 g/mol. The largest absolute Gasteiger partial charge is 0.272 e. The third-order valence-electron chi connectivity index (χ3n) is 3.61. The molecule has 1 aromatic heterocycles. The maximum absolute atomic E-state index is 12.3. The Morgan fingerprint density at radius 2 is 1.90 bits per heavy atom. The first kappa shape index (κ1) is 15.7. The summed E-state index contributed by atoms with van der Waals surface area (Å²) in [5, 5.41) is 4.31. The number of hydrogen-bond acceptors (Lipinski definition) is 3. The second-order valence-electron chi connectivity index (χ2n) is 5.17. The molecule has 0 aliphatic carbocycles. The van der Waals surface area contributed by atoms with Gasteiger partial charge in [0.15, 0.2) is 0 Å². The van der Waals surface area contributed by atoms with Gasteiger partial charge in [0.05, 0.1) is 10.6 Å². The van der Waals surface area contributed by atoms with Crippen LogP contribution in [0.3, 0.4) is 0 Å². The lowest BCUT2D eigenvalue weighted by Crippen LogP contribution is -2.23. The fourth-order valence-electron chi connectivity index (χ4n) is 2.03. The van der Waals surface area contributed by atoms with Crippen LogP contribution in [0.2, 0.25) is 0 Å². The average Bonchev–Trinajstić information content (AvgIpc) is 2.80. The second kappa shape index (κ2) is 5.99. The quantitative estimate of drug-likeness (QED) is 0.922. The van der Waals surface area contributed by atoms with Crippen molar-refractivity contribution >= 4 is 10.0 Å². The van der Waals surface area contributed by atoms with Gasteiger partial charge in [0.2, 0.25) is 10.0 Å². The minimum atomic E-state index is -3.50. The van der Waals surface area contributed by atoms with Gasteiger partial charge in [-0.3, -0.25) is 4.68 Å². The molecule has 0 aliphatic heterocycles. The number of aryl methyl sites for hydroxylation is 4. The van der Waals surface area contributed by atoms with Crippen molar-refractivity contribution < 1.29 is 8.42 Å². The van der Waals surface area contributed by atoms with Crippen molar-refractivity contribution in [2.75, 3.05) is 0 Å². The highest BCUT2D eigenvalue weighted by Crippen LogP contribution is 2.15. The number of benzene rings is 1. The van der Waals surface area contributed by atoms with Gasteiger partial charge in [-0.05, 0) is 51.0 Å². The SMILES string of the molecule is CCn1cc(CNS(=O)(=O)c2ccc(C)c(C)c2)c(C)n1. The summed E-state index contributed by atoms with van der Waals surface area (Å²) in [6.07, 6.45) is 1.87. The molecular formula is C15H21N3O2S. The first-order chi connectivity index (χ1) is 9.83. The summed E-state index contributed by atoms with van der Waals surface area (Å²) in [5.41, 5.74) is 3.78. The molecule has 1 N–H and O–H groups in total. The zero-order valence-electron chi connectivity index (χ0n) is 12.8. The molecule has 0 unspecified atom stereocenters. The summed E-state index contributed by atoms with van der Waals surface area (Å²) in [6, 6.07) is 5.15. The molecule has 5 nitrogen and oxygen atoms in total. The number of nitrogens with zero attached hydrogens (tertiary/aromatic N) is 2. The van der Waals surface area contributed by atoms with Crippen LogP contribution < -0.4 is 4.72 Å². The number of rotatable bonds is 5. The van der Waals surface area contributed by atoms with Gasteiger partial charge in [-0.1, -0.05) is 6.07 Å². The van der Waals surface area contributed by atoms with E-state index in [1.807, 2.05) is 40.0 Å². The summed E-state index contributed by atoms with van der Waals surface area (Å²) in [4.78, 5) is 0.297. The smallest absolute Gasteiger partial charge is 0.240 e. The molecular weight excluding hydrogens is 286 g/mol. The highest BCUT2D eigenvalue weighted by Gasteiger charge is 2.15. The molecule has 2 rings (SSSR count). The molecule has 0 amide bonds. The van der Waals surface area contributed by atoms with Gasteiger partial charge in [-0.15, -0.1) is 0 Å². The zero-order chi connectivity index (χ0) is 15.6. The van der Waals surface area contributed by atoms with Crippen molar-refractivity contribution in [1.82, 2.24) is 14.5 Å². The van der Waals surface area contributed by atoms with Gasteiger partial charge in [-0.2, -0.15) is 5.10 Å². The summed E-state index contributed by atoms with van der Waals surface area (Å²) in [6.45, 7) is 8.76. The molecule has 0 bridgehead atoms. The summed E-state index contributed by atoms with van der Waals surface area (Å²) in [7, 11) is -3.50. The molecule has 0 fully saturated rings. The first-order valence-corrected chi connectivity index (χ1v) is 8.41. The third kappa shape index (κ3) is 3.51. The van der Waals surface area contributed by atoms with Crippen LogP contribution in [0.5, 0.6) is 0 Å². The number of hydrogen-bond donors (Lipinski definition) is 1. The van der Waals surface area contributed by atoms with E-state index in [0.717, 1.165) is 28.9 Å². The standard InChI is InChI=1S/C15H21N3O2S/c1-5-18-10-14(13(4)17-18)9-16-21(19,20)15-7-6-11(2)12(3)8-15/h6-8,10,16H,5,9H2,1-4H3. The molecule has 0 saturated heterocycles. The summed E-state index contributed by atoms with van der Waals surface area (Å²) in [5.74, 6) is 0. The van der Waals surface area contributed by atoms with Gasteiger partial charge in [0.1, 0.15) is 0 Å². The second-order valence-corrected chi connectivity index (χ2v) is 6.93. The molecule has 1 heterocycles. The fraction of sp³-hybridized carbons (Fsp3) is 0.400. The van der Waals surface area contributed by atoms with E-state index < -0.39 is 10.0 Å². The molecule has 0 spiro atoms. The van der Waals surface area contributed by atoms with Crippen LogP contribution in [0.25, 0.3) is 0 Å². The van der Waals surface area contributed by atoms with Crippen LogP contribution >= 0.6 is 0 Å². The first-order valence-electron chi connectivity index (χ1n) is 6.93.